The van der Waals surface area contributed by atoms with E-state index in [4.69, 9.17) is 0 Å². The highest BCUT2D eigenvalue weighted by Gasteiger charge is 2.15. The number of hydrogen-bond acceptors (Lipinski definition) is 1. The molecule has 2 aromatic rings. The second-order valence-corrected chi connectivity index (χ2v) is 6.78. The highest BCUT2D eigenvalue weighted by Crippen LogP contribution is 2.34. The molecular formula is C21H27N. The van der Waals surface area contributed by atoms with Crippen LogP contribution in [0.1, 0.15) is 54.7 Å². The fourth-order valence-electron chi connectivity index (χ4n) is 3.63. The summed E-state index contributed by atoms with van der Waals surface area (Å²) in [6.07, 6.45) is 6.95. The van der Waals surface area contributed by atoms with Crippen molar-refractivity contribution in [3.63, 3.8) is 0 Å². The van der Waals surface area contributed by atoms with E-state index >= 15 is 0 Å². The maximum atomic E-state index is 2.34. The van der Waals surface area contributed by atoms with Crippen LogP contribution in [0.3, 0.4) is 0 Å². The molecule has 0 aliphatic heterocycles. The van der Waals surface area contributed by atoms with Gasteiger partial charge in [-0.05, 0) is 67.5 Å². The number of benzene rings is 2. The average Bonchev–Trinajstić information content (AvgIpc) is 2.57. The van der Waals surface area contributed by atoms with E-state index in [-0.39, 0.29) is 0 Å². The molecule has 0 radical (unpaired) electrons. The molecule has 0 atom stereocenters. The van der Waals surface area contributed by atoms with Gasteiger partial charge < -0.3 is 4.90 Å². The van der Waals surface area contributed by atoms with Gasteiger partial charge in [0.25, 0.3) is 0 Å². The fourth-order valence-corrected chi connectivity index (χ4v) is 3.63. The van der Waals surface area contributed by atoms with Crippen LogP contribution < -0.4 is 4.90 Å². The Hall–Kier alpha value is -1.76. The molecule has 22 heavy (non-hydrogen) atoms. The van der Waals surface area contributed by atoms with Crippen LogP contribution in [0.4, 0.5) is 11.4 Å². The number of rotatable bonds is 3. The Labute approximate surface area is 135 Å². The van der Waals surface area contributed by atoms with Crippen molar-refractivity contribution < 1.29 is 0 Å². The van der Waals surface area contributed by atoms with Gasteiger partial charge in [-0.2, -0.15) is 0 Å². The van der Waals surface area contributed by atoms with Crippen molar-refractivity contribution in [2.75, 3.05) is 11.9 Å². The summed E-state index contributed by atoms with van der Waals surface area (Å²) in [4.78, 5) is 2.30. The summed E-state index contributed by atoms with van der Waals surface area (Å²) >= 11 is 0. The van der Waals surface area contributed by atoms with Crippen molar-refractivity contribution in [2.24, 2.45) is 0 Å². The summed E-state index contributed by atoms with van der Waals surface area (Å²) in [5.41, 5.74) is 6.73. The Morgan fingerprint density at radius 3 is 2.23 bits per heavy atom. The number of nitrogens with zero attached hydrogens (tertiary/aromatic N) is 1. The van der Waals surface area contributed by atoms with Crippen LogP contribution in [0.5, 0.6) is 0 Å². The van der Waals surface area contributed by atoms with Crippen molar-refractivity contribution in [3.05, 3.63) is 59.2 Å². The van der Waals surface area contributed by atoms with E-state index in [0.29, 0.717) is 0 Å². The highest BCUT2D eigenvalue weighted by molar-refractivity contribution is 5.66. The van der Waals surface area contributed by atoms with Gasteiger partial charge in [-0.15, -0.1) is 0 Å². The van der Waals surface area contributed by atoms with Crippen molar-refractivity contribution in [2.45, 2.75) is 51.9 Å². The molecule has 0 N–H and O–H groups in total. The quantitative estimate of drug-likeness (QED) is 0.659. The van der Waals surface area contributed by atoms with Crippen LogP contribution in [0.15, 0.2) is 42.5 Å². The summed E-state index contributed by atoms with van der Waals surface area (Å²) in [6, 6.07) is 15.9. The van der Waals surface area contributed by atoms with Gasteiger partial charge in [-0.25, -0.2) is 0 Å². The molecule has 0 amide bonds. The Morgan fingerprint density at radius 1 is 0.864 bits per heavy atom. The second kappa shape index (κ2) is 6.56. The zero-order chi connectivity index (χ0) is 15.5. The van der Waals surface area contributed by atoms with E-state index in [2.05, 4.69) is 68.3 Å². The molecule has 0 aromatic heterocycles. The third kappa shape index (κ3) is 3.19. The molecule has 0 unspecified atom stereocenters. The molecule has 1 fully saturated rings. The first kappa shape index (κ1) is 15.1. The van der Waals surface area contributed by atoms with Crippen molar-refractivity contribution in [3.8, 4) is 0 Å². The van der Waals surface area contributed by atoms with Crippen LogP contribution in [0, 0.1) is 13.8 Å². The second-order valence-electron chi connectivity index (χ2n) is 6.78. The fraction of sp³-hybridized carbons (Fsp3) is 0.429. The SMILES string of the molecule is Cc1ccc(C)c(N(C)c2ccc(C3CCCCC3)cc2)c1. The lowest BCUT2D eigenvalue weighted by Crippen LogP contribution is -2.11. The number of aryl methyl sites for hydroxylation is 2. The van der Waals surface area contributed by atoms with E-state index in [1.807, 2.05) is 0 Å². The van der Waals surface area contributed by atoms with E-state index in [0.717, 1.165) is 5.92 Å². The van der Waals surface area contributed by atoms with E-state index < -0.39 is 0 Å². The zero-order valence-corrected chi connectivity index (χ0v) is 14.1. The Kier molecular flexibility index (Phi) is 4.52. The molecule has 2 aromatic carbocycles. The largest absolute Gasteiger partial charge is 0.344 e. The molecule has 1 aliphatic carbocycles. The minimum atomic E-state index is 0.786. The highest BCUT2D eigenvalue weighted by atomic mass is 15.1. The Bertz CT molecular complexity index is 621. The van der Waals surface area contributed by atoms with E-state index in [1.165, 1.54) is 60.2 Å². The first-order valence-electron chi connectivity index (χ1n) is 8.56. The predicted molar refractivity (Wildman–Crippen MR) is 96.2 cm³/mol. The van der Waals surface area contributed by atoms with E-state index in [1.54, 1.807) is 0 Å². The zero-order valence-electron chi connectivity index (χ0n) is 14.1. The van der Waals surface area contributed by atoms with Gasteiger partial charge in [-0.1, -0.05) is 43.5 Å². The maximum Gasteiger partial charge on any atom is 0.0440 e. The van der Waals surface area contributed by atoms with Crippen LogP contribution >= 0.6 is 0 Å². The Morgan fingerprint density at radius 2 is 1.55 bits per heavy atom. The van der Waals surface area contributed by atoms with Crippen LogP contribution in [-0.4, -0.2) is 7.05 Å². The summed E-state index contributed by atoms with van der Waals surface area (Å²) < 4.78 is 0. The van der Waals surface area contributed by atoms with Crippen molar-refractivity contribution >= 4 is 11.4 Å². The summed E-state index contributed by atoms with van der Waals surface area (Å²) in [5.74, 6) is 0.786. The first-order valence-corrected chi connectivity index (χ1v) is 8.56. The van der Waals surface area contributed by atoms with Crippen molar-refractivity contribution in [1.82, 2.24) is 0 Å². The summed E-state index contributed by atoms with van der Waals surface area (Å²) in [7, 11) is 2.16. The molecule has 3 rings (SSSR count). The third-order valence-corrected chi connectivity index (χ3v) is 5.08. The van der Waals surface area contributed by atoms with Gasteiger partial charge in [0.05, 0.1) is 0 Å². The van der Waals surface area contributed by atoms with Gasteiger partial charge in [-0.3, -0.25) is 0 Å². The normalized spacial score (nSPS) is 15.8. The number of hydrogen-bond donors (Lipinski definition) is 0. The lowest BCUT2D eigenvalue weighted by Gasteiger charge is -2.25. The molecule has 0 spiro atoms. The number of anilines is 2. The molecule has 1 heteroatoms. The van der Waals surface area contributed by atoms with Crippen LogP contribution in [0.25, 0.3) is 0 Å². The van der Waals surface area contributed by atoms with Gasteiger partial charge >= 0.3 is 0 Å². The molecule has 0 bridgehead atoms. The summed E-state index contributed by atoms with van der Waals surface area (Å²) in [5, 5.41) is 0. The molecule has 0 saturated heterocycles. The van der Waals surface area contributed by atoms with Gasteiger partial charge in [0.1, 0.15) is 0 Å². The monoisotopic (exact) mass is 293 g/mol. The van der Waals surface area contributed by atoms with Gasteiger partial charge in [0, 0.05) is 18.4 Å². The molecule has 1 aliphatic rings. The van der Waals surface area contributed by atoms with Crippen LogP contribution in [0.2, 0.25) is 0 Å². The molecule has 1 nitrogen and oxygen atoms in total. The van der Waals surface area contributed by atoms with Gasteiger partial charge in [0.15, 0.2) is 0 Å². The Balaban J connectivity index is 1.81. The lowest BCUT2D eigenvalue weighted by atomic mass is 9.84. The minimum absolute atomic E-state index is 0.786. The first-order chi connectivity index (χ1) is 10.6. The standard InChI is InChI=1S/C21H27N/c1-16-9-10-17(2)21(15-16)22(3)20-13-11-19(12-14-20)18-7-5-4-6-8-18/h9-15,18H,4-8H2,1-3H3. The van der Waals surface area contributed by atoms with Crippen LogP contribution in [-0.2, 0) is 0 Å². The minimum Gasteiger partial charge on any atom is -0.344 e. The summed E-state index contributed by atoms with van der Waals surface area (Å²) in [6.45, 7) is 4.34. The lowest BCUT2D eigenvalue weighted by molar-refractivity contribution is 0.443. The molecular weight excluding hydrogens is 266 g/mol. The third-order valence-electron chi connectivity index (χ3n) is 5.08. The topological polar surface area (TPSA) is 3.24 Å². The average molecular weight is 293 g/mol. The molecule has 1 saturated carbocycles. The van der Waals surface area contributed by atoms with E-state index in [9.17, 15) is 0 Å². The van der Waals surface area contributed by atoms with Crippen molar-refractivity contribution in [1.29, 1.82) is 0 Å². The smallest absolute Gasteiger partial charge is 0.0440 e. The molecule has 116 valence electrons. The predicted octanol–water partition coefficient (Wildman–Crippen LogP) is 6.12. The molecule has 0 heterocycles. The van der Waals surface area contributed by atoms with Gasteiger partial charge in [0.2, 0.25) is 0 Å². The maximum absolute atomic E-state index is 2.34.